The largest absolute Gasteiger partial charge is 0.355 e. The van der Waals surface area contributed by atoms with Gasteiger partial charge < -0.3 is 5.32 Å². The predicted molar refractivity (Wildman–Crippen MR) is 90.2 cm³/mol. The van der Waals surface area contributed by atoms with Gasteiger partial charge in [0, 0.05) is 10.3 Å². The van der Waals surface area contributed by atoms with E-state index in [1.54, 1.807) is 0 Å². The molecule has 0 spiro atoms. The van der Waals surface area contributed by atoms with Gasteiger partial charge in [-0.15, -0.1) is 11.3 Å². The normalized spacial score (nSPS) is 11.5. The van der Waals surface area contributed by atoms with Crippen molar-refractivity contribution in [2.75, 3.05) is 0 Å². The fourth-order valence-electron chi connectivity index (χ4n) is 1.81. The Bertz CT molecular complexity index is 625. The third kappa shape index (κ3) is 4.54. The first-order valence-electron chi connectivity index (χ1n) is 6.53. The molecule has 1 atom stereocenters. The predicted octanol–water partition coefficient (Wildman–Crippen LogP) is 2.93. The monoisotopic (exact) mass is 319 g/mol. The molecule has 1 heterocycles. The van der Waals surface area contributed by atoms with Crippen LogP contribution < -0.4 is 16.2 Å². The molecular formula is C15H17N3OS2. The Morgan fingerprint density at radius 2 is 1.95 bits per heavy atom. The molecule has 0 unspecified atom stereocenters. The first-order valence-corrected chi connectivity index (χ1v) is 7.82. The van der Waals surface area contributed by atoms with E-state index in [4.69, 9.17) is 12.2 Å². The lowest BCUT2D eigenvalue weighted by atomic mass is 10.1. The average Bonchev–Trinajstić information content (AvgIpc) is 2.92. The molecule has 0 radical (unpaired) electrons. The number of aryl methyl sites for hydroxylation is 1. The summed E-state index contributed by atoms with van der Waals surface area (Å²) in [6.45, 7) is 3.97. The highest BCUT2D eigenvalue weighted by Gasteiger charge is 2.09. The number of hydrogen-bond donors (Lipinski definition) is 3. The van der Waals surface area contributed by atoms with Crippen molar-refractivity contribution in [2.45, 2.75) is 19.9 Å². The van der Waals surface area contributed by atoms with E-state index in [1.807, 2.05) is 55.6 Å². The van der Waals surface area contributed by atoms with Crippen LogP contribution in [0.3, 0.4) is 0 Å². The summed E-state index contributed by atoms with van der Waals surface area (Å²) < 4.78 is 0. The van der Waals surface area contributed by atoms with E-state index in [1.165, 1.54) is 11.3 Å². The molecule has 0 aliphatic rings. The molecule has 0 aliphatic carbocycles. The van der Waals surface area contributed by atoms with Crippen LogP contribution in [0.4, 0.5) is 0 Å². The van der Waals surface area contributed by atoms with Crippen LogP contribution in [-0.4, -0.2) is 11.0 Å². The highest BCUT2D eigenvalue weighted by molar-refractivity contribution is 7.80. The molecule has 6 heteroatoms. The van der Waals surface area contributed by atoms with Gasteiger partial charge in [-0.3, -0.25) is 15.6 Å². The topological polar surface area (TPSA) is 53.2 Å². The molecule has 3 N–H and O–H groups in total. The van der Waals surface area contributed by atoms with E-state index in [9.17, 15) is 4.79 Å². The minimum Gasteiger partial charge on any atom is -0.355 e. The fourth-order valence-corrected chi connectivity index (χ4v) is 2.72. The van der Waals surface area contributed by atoms with E-state index >= 15 is 0 Å². The first-order chi connectivity index (χ1) is 10.1. The number of carbonyl (C=O) groups is 1. The first kappa shape index (κ1) is 15.5. The molecule has 2 aromatic rings. The van der Waals surface area contributed by atoms with Gasteiger partial charge in [-0.1, -0.05) is 30.3 Å². The Hall–Kier alpha value is -1.92. The summed E-state index contributed by atoms with van der Waals surface area (Å²) in [5.41, 5.74) is 7.05. The van der Waals surface area contributed by atoms with Gasteiger partial charge in [0.15, 0.2) is 5.11 Å². The van der Waals surface area contributed by atoms with Crippen molar-refractivity contribution in [1.29, 1.82) is 0 Å². The zero-order chi connectivity index (χ0) is 15.2. The van der Waals surface area contributed by atoms with Crippen LogP contribution in [-0.2, 0) is 0 Å². The van der Waals surface area contributed by atoms with Gasteiger partial charge in [-0.2, -0.15) is 0 Å². The summed E-state index contributed by atoms with van der Waals surface area (Å²) in [6.07, 6.45) is 0. The summed E-state index contributed by atoms with van der Waals surface area (Å²) in [7, 11) is 0. The smallest absolute Gasteiger partial charge is 0.270 e. The molecule has 0 aliphatic heterocycles. The van der Waals surface area contributed by atoms with E-state index < -0.39 is 0 Å². The van der Waals surface area contributed by atoms with Crippen molar-refractivity contribution >= 4 is 34.6 Å². The molecule has 0 saturated carbocycles. The number of thiocarbonyl (C=S) groups is 1. The second kappa shape index (κ2) is 7.19. The molecule has 0 bridgehead atoms. The van der Waals surface area contributed by atoms with E-state index in [0.29, 0.717) is 10.7 Å². The summed E-state index contributed by atoms with van der Waals surface area (Å²) in [5.74, 6) is -0.198. The van der Waals surface area contributed by atoms with Gasteiger partial charge in [0.25, 0.3) is 5.91 Å². The number of nitrogens with one attached hydrogen (secondary N) is 3. The van der Waals surface area contributed by atoms with Gasteiger partial charge in [0.2, 0.25) is 0 Å². The minimum atomic E-state index is -0.198. The van der Waals surface area contributed by atoms with Crippen LogP contribution in [0.25, 0.3) is 0 Å². The van der Waals surface area contributed by atoms with Crippen LogP contribution in [0, 0.1) is 6.92 Å². The number of hydrazine groups is 1. The Labute approximate surface area is 133 Å². The maximum absolute atomic E-state index is 11.9. The molecule has 1 aromatic carbocycles. The number of carbonyl (C=O) groups excluding carboxylic acids is 1. The fraction of sp³-hybridized carbons (Fsp3) is 0.200. The quantitative estimate of drug-likeness (QED) is 0.601. The maximum atomic E-state index is 11.9. The lowest BCUT2D eigenvalue weighted by Gasteiger charge is -2.17. The van der Waals surface area contributed by atoms with Gasteiger partial charge in [0.1, 0.15) is 0 Å². The van der Waals surface area contributed by atoms with Crippen LogP contribution in [0.2, 0.25) is 0 Å². The van der Waals surface area contributed by atoms with Gasteiger partial charge in [-0.05, 0) is 37.7 Å². The zero-order valence-electron chi connectivity index (χ0n) is 11.8. The van der Waals surface area contributed by atoms with Crippen molar-refractivity contribution < 1.29 is 4.79 Å². The van der Waals surface area contributed by atoms with E-state index in [2.05, 4.69) is 16.2 Å². The minimum absolute atomic E-state index is 0.0616. The second-order valence-corrected chi connectivity index (χ2v) is 6.15. The lowest BCUT2D eigenvalue weighted by Crippen LogP contribution is -2.47. The molecule has 110 valence electrons. The summed E-state index contributed by atoms with van der Waals surface area (Å²) >= 11 is 6.71. The summed E-state index contributed by atoms with van der Waals surface area (Å²) in [4.78, 5) is 13.0. The third-order valence-electron chi connectivity index (χ3n) is 2.93. The Balaban J connectivity index is 1.81. The Morgan fingerprint density at radius 1 is 1.24 bits per heavy atom. The maximum Gasteiger partial charge on any atom is 0.270 e. The third-order valence-corrected chi connectivity index (χ3v) is 4.01. The molecule has 21 heavy (non-hydrogen) atoms. The molecule has 1 amide bonds. The van der Waals surface area contributed by atoms with Gasteiger partial charge in [0.05, 0.1) is 11.6 Å². The van der Waals surface area contributed by atoms with Crippen molar-refractivity contribution in [1.82, 2.24) is 16.2 Å². The highest BCUT2D eigenvalue weighted by atomic mass is 32.1. The van der Waals surface area contributed by atoms with Crippen molar-refractivity contribution in [3.05, 3.63) is 57.8 Å². The van der Waals surface area contributed by atoms with Crippen molar-refractivity contribution in [3.8, 4) is 0 Å². The summed E-state index contributed by atoms with van der Waals surface area (Å²) in [5, 5.41) is 5.31. The van der Waals surface area contributed by atoms with Crippen LogP contribution in [0.1, 0.15) is 33.8 Å². The molecule has 0 fully saturated rings. The van der Waals surface area contributed by atoms with Crippen molar-refractivity contribution in [3.63, 3.8) is 0 Å². The average molecular weight is 319 g/mol. The Morgan fingerprint density at radius 3 is 2.57 bits per heavy atom. The SMILES string of the molecule is Cc1cc(C(=O)NNC(=S)N[C@H](C)c2ccccc2)cs1. The number of benzene rings is 1. The molecular weight excluding hydrogens is 302 g/mol. The van der Waals surface area contributed by atoms with Gasteiger partial charge >= 0.3 is 0 Å². The van der Waals surface area contributed by atoms with Crippen molar-refractivity contribution in [2.24, 2.45) is 0 Å². The van der Waals surface area contributed by atoms with Crippen LogP contribution >= 0.6 is 23.6 Å². The molecule has 0 saturated heterocycles. The van der Waals surface area contributed by atoms with Crippen LogP contribution in [0.5, 0.6) is 0 Å². The van der Waals surface area contributed by atoms with Crippen LogP contribution in [0.15, 0.2) is 41.8 Å². The molecule has 2 rings (SSSR count). The molecule has 1 aromatic heterocycles. The number of hydrogen-bond acceptors (Lipinski definition) is 3. The number of rotatable bonds is 3. The highest BCUT2D eigenvalue weighted by Crippen LogP contribution is 2.12. The number of thiophene rings is 1. The van der Waals surface area contributed by atoms with E-state index in [-0.39, 0.29) is 11.9 Å². The lowest BCUT2D eigenvalue weighted by molar-refractivity contribution is 0.0944. The standard InChI is InChI=1S/C15H17N3OS2/c1-10-8-13(9-21-10)14(19)17-18-15(20)16-11(2)12-6-4-3-5-7-12/h3-9,11H,1-2H3,(H,17,19)(H2,16,18,20)/t11-/m1/s1. The number of amides is 1. The zero-order valence-corrected chi connectivity index (χ0v) is 13.5. The summed E-state index contributed by atoms with van der Waals surface area (Å²) in [6, 6.07) is 11.9. The van der Waals surface area contributed by atoms with Gasteiger partial charge in [-0.25, -0.2) is 0 Å². The second-order valence-electron chi connectivity index (χ2n) is 4.63. The van der Waals surface area contributed by atoms with E-state index in [0.717, 1.165) is 10.4 Å². The molecule has 4 nitrogen and oxygen atoms in total. The Kier molecular flexibility index (Phi) is 5.30.